The number of carbonyl (C=O) groups excluding carboxylic acids is 2. The molecule has 3 fully saturated rings. The predicted molar refractivity (Wildman–Crippen MR) is 173 cm³/mol. The molecule has 1 aliphatic carbocycles. The van der Waals surface area contributed by atoms with Crippen LogP contribution in [-0.4, -0.2) is 87.4 Å². The Balaban J connectivity index is 1.13. The number of fused-ring (bicyclic) bond motifs is 2. The van der Waals surface area contributed by atoms with E-state index in [2.05, 4.69) is 74.9 Å². The van der Waals surface area contributed by atoms with Crippen molar-refractivity contribution in [1.82, 2.24) is 29.2 Å². The topological polar surface area (TPSA) is 77.5 Å². The van der Waals surface area contributed by atoms with E-state index in [9.17, 15) is 9.59 Å². The lowest BCUT2D eigenvalue weighted by Crippen LogP contribution is -2.47. The van der Waals surface area contributed by atoms with Crippen LogP contribution in [0.1, 0.15) is 29.6 Å². The summed E-state index contributed by atoms with van der Waals surface area (Å²) >= 11 is 0. The lowest BCUT2D eigenvalue weighted by Gasteiger charge is -2.32. The first kappa shape index (κ1) is 27.1. The number of nitrogens with zero attached hydrogens (tertiary/aromatic N) is 5. The normalized spacial score (nSPS) is 19.3. The maximum atomic E-state index is 13.5. The van der Waals surface area contributed by atoms with Crippen molar-refractivity contribution in [3.8, 4) is 22.5 Å². The second-order valence-electron chi connectivity index (χ2n) is 12.9. The maximum Gasteiger partial charge on any atom is 0.254 e. The summed E-state index contributed by atoms with van der Waals surface area (Å²) in [5, 5.41) is 1.20. The number of imidazole rings is 1. The number of hydrogen-bond donors (Lipinski definition) is 1. The minimum absolute atomic E-state index is 0.0834. The lowest BCUT2D eigenvalue weighted by atomic mass is 10.0. The van der Waals surface area contributed by atoms with E-state index in [1.54, 1.807) is 0 Å². The number of nitrogens with one attached hydrogen (secondary N) is 1. The zero-order valence-electron chi connectivity index (χ0n) is 25.2. The molecule has 8 rings (SSSR count). The molecule has 2 amide bonds. The number of amides is 2. The van der Waals surface area contributed by atoms with Gasteiger partial charge in [0.2, 0.25) is 5.91 Å². The van der Waals surface area contributed by atoms with Crippen LogP contribution in [-0.2, 0) is 11.3 Å². The van der Waals surface area contributed by atoms with Crippen LogP contribution in [0.25, 0.3) is 44.5 Å². The Hall–Kier alpha value is -4.43. The van der Waals surface area contributed by atoms with Crippen molar-refractivity contribution in [2.75, 3.05) is 46.3 Å². The molecule has 224 valence electrons. The Morgan fingerprint density at radius 3 is 2.39 bits per heavy atom. The van der Waals surface area contributed by atoms with Crippen LogP contribution < -0.4 is 0 Å². The first-order valence-corrected chi connectivity index (χ1v) is 15.9. The Labute approximate surface area is 257 Å². The number of carbonyl (C=O) groups is 2. The van der Waals surface area contributed by atoms with Gasteiger partial charge in [-0.25, -0.2) is 4.98 Å². The monoisotopic (exact) mass is 586 g/mol. The number of likely N-dealkylation sites (tertiary alicyclic amines) is 1. The fourth-order valence-electron chi connectivity index (χ4n) is 6.93. The third-order valence-corrected chi connectivity index (χ3v) is 9.78. The van der Waals surface area contributed by atoms with Gasteiger partial charge in [0, 0.05) is 74.6 Å². The molecule has 0 spiro atoms. The van der Waals surface area contributed by atoms with Crippen LogP contribution >= 0.6 is 0 Å². The maximum absolute atomic E-state index is 13.5. The molecule has 0 radical (unpaired) electrons. The van der Waals surface area contributed by atoms with E-state index < -0.39 is 0 Å². The van der Waals surface area contributed by atoms with E-state index in [-0.39, 0.29) is 11.8 Å². The Morgan fingerprint density at radius 1 is 0.818 bits per heavy atom. The van der Waals surface area contributed by atoms with Gasteiger partial charge < -0.3 is 24.3 Å². The van der Waals surface area contributed by atoms with Crippen LogP contribution in [0.15, 0.2) is 72.9 Å². The molecular formula is C36H38N6O2. The van der Waals surface area contributed by atoms with E-state index in [0.717, 1.165) is 98.6 Å². The predicted octanol–water partition coefficient (Wildman–Crippen LogP) is 5.50. The summed E-state index contributed by atoms with van der Waals surface area (Å²) in [4.78, 5) is 41.0. The van der Waals surface area contributed by atoms with Crippen molar-refractivity contribution in [3.05, 3.63) is 78.5 Å². The van der Waals surface area contributed by atoms with E-state index in [1.807, 2.05) is 29.3 Å². The number of hydrogen-bond acceptors (Lipinski definition) is 4. The first-order chi connectivity index (χ1) is 21.5. The SMILES string of the molecule is CN1CCN(C(=O)c2ccc3nc(-c4ccc(-c5ccc6[nH]ccc6c5)cc4)n(C[C@H]4CCN(C(=O)C5CC5)C4)c3c2)CC1. The third kappa shape index (κ3) is 5.07. The highest BCUT2D eigenvalue weighted by Gasteiger charge is 2.37. The number of H-pyrrole nitrogens is 1. The van der Waals surface area contributed by atoms with Crippen molar-refractivity contribution in [2.24, 2.45) is 11.8 Å². The largest absolute Gasteiger partial charge is 0.361 e. The standard InChI is InChI=1S/C36H38N6O2/c1-39-16-18-40(19-17-39)36(44)30-9-11-32-33(21-30)42(23-24-13-15-41(22-24)35(43)27-6-7-27)34(38-32)26-4-2-25(3-5-26)28-8-10-31-29(20-28)12-14-37-31/h2-5,8-12,14,20-21,24,27,37H,6-7,13,15-19,22-23H2,1H3/t24-/m0/s1. The molecular weight excluding hydrogens is 548 g/mol. The molecule has 8 heteroatoms. The van der Waals surface area contributed by atoms with Crippen molar-refractivity contribution in [1.29, 1.82) is 0 Å². The van der Waals surface area contributed by atoms with E-state index >= 15 is 0 Å². The first-order valence-electron chi connectivity index (χ1n) is 15.9. The molecule has 44 heavy (non-hydrogen) atoms. The molecule has 8 nitrogen and oxygen atoms in total. The van der Waals surface area contributed by atoms with Gasteiger partial charge in [-0.1, -0.05) is 30.3 Å². The second kappa shape index (κ2) is 10.9. The molecule has 0 bridgehead atoms. The highest BCUT2D eigenvalue weighted by molar-refractivity contribution is 5.98. The number of benzene rings is 3. The van der Waals surface area contributed by atoms with E-state index in [4.69, 9.17) is 4.98 Å². The van der Waals surface area contributed by atoms with Crippen molar-refractivity contribution < 1.29 is 9.59 Å². The van der Waals surface area contributed by atoms with Gasteiger partial charge in [-0.2, -0.15) is 0 Å². The van der Waals surface area contributed by atoms with Crippen LogP contribution in [0.4, 0.5) is 0 Å². The van der Waals surface area contributed by atoms with Gasteiger partial charge >= 0.3 is 0 Å². The summed E-state index contributed by atoms with van der Waals surface area (Å²) in [7, 11) is 2.10. The van der Waals surface area contributed by atoms with Crippen molar-refractivity contribution in [2.45, 2.75) is 25.8 Å². The van der Waals surface area contributed by atoms with Gasteiger partial charge in [0.05, 0.1) is 11.0 Å². The molecule has 5 aromatic rings. The third-order valence-electron chi connectivity index (χ3n) is 9.78. The highest BCUT2D eigenvalue weighted by Crippen LogP contribution is 2.35. The summed E-state index contributed by atoms with van der Waals surface area (Å²) in [5.41, 5.74) is 7.09. The van der Waals surface area contributed by atoms with Gasteiger partial charge in [0.25, 0.3) is 5.91 Å². The number of aromatic nitrogens is 3. The summed E-state index contributed by atoms with van der Waals surface area (Å²) < 4.78 is 2.30. The lowest BCUT2D eigenvalue weighted by molar-refractivity contribution is -0.131. The zero-order chi connectivity index (χ0) is 29.8. The van der Waals surface area contributed by atoms with Crippen LogP contribution in [0.2, 0.25) is 0 Å². The fraction of sp³-hybridized carbons (Fsp3) is 0.361. The van der Waals surface area contributed by atoms with Crippen molar-refractivity contribution >= 4 is 33.8 Å². The minimum atomic E-state index is 0.0834. The van der Waals surface area contributed by atoms with Gasteiger partial charge in [0.1, 0.15) is 5.82 Å². The molecule has 3 aliphatic rings. The second-order valence-corrected chi connectivity index (χ2v) is 12.9. The number of aromatic amines is 1. The molecule has 3 aromatic carbocycles. The quantitative estimate of drug-likeness (QED) is 0.285. The molecule has 2 aromatic heterocycles. The molecule has 4 heterocycles. The average Bonchev–Trinajstić information content (AvgIpc) is 3.45. The highest BCUT2D eigenvalue weighted by atomic mass is 16.2. The minimum Gasteiger partial charge on any atom is -0.361 e. The van der Waals surface area contributed by atoms with Crippen LogP contribution in [0.5, 0.6) is 0 Å². The Kier molecular flexibility index (Phi) is 6.74. The van der Waals surface area contributed by atoms with Gasteiger partial charge in [-0.05, 0) is 85.1 Å². The van der Waals surface area contributed by atoms with Gasteiger partial charge in [-0.3, -0.25) is 9.59 Å². The van der Waals surface area contributed by atoms with Crippen LogP contribution in [0.3, 0.4) is 0 Å². The number of piperazine rings is 1. The Morgan fingerprint density at radius 2 is 1.59 bits per heavy atom. The summed E-state index contributed by atoms with van der Waals surface area (Å²) in [6.45, 7) is 5.65. The molecule has 2 aliphatic heterocycles. The zero-order valence-corrected chi connectivity index (χ0v) is 25.2. The molecule has 0 unspecified atom stereocenters. The van der Waals surface area contributed by atoms with Crippen molar-refractivity contribution in [3.63, 3.8) is 0 Å². The molecule has 1 atom stereocenters. The Bertz CT molecular complexity index is 1860. The van der Waals surface area contributed by atoms with Crippen LogP contribution in [0, 0.1) is 11.8 Å². The van der Waals surface area contributed by atoms with E-state index in [1.165, 1.54) is 10.9 Å². The number of rotatable bonds is 6. The molecule has 1 N–H and O–H groups in total. The van der Waals surface area contributed by atoms with Gasteiger partial charge in [-0.15, -0.1) is 0 Å². The molecule has 2 saturated heterocycles. The average molecular weight is 587 g/mol. The van der Waals surface area contributed by atoms with Gasteiger partial charge in [0.15, 0.2) is 0 Å². The molecule has 1 saturated carbocycles. The fourth-order valence-corrected chi connectivity index (χ4v) is 6.93. The smallest absolute Gasteiger partial charge is 0.254 e. The summed E-state index contributed by atoms with van der Waals surface area (Å²) in [6.07, 6.45) is 5.03. The summed E-state index contributed by atoms with van der Waals surface area (Å²) in [5.74, 6) is 1.91. The number of likely N-dealkylation sites (N-methyl/N-ethyl adjacent to an activating group) is 1. The van der Waals surface area contributed by atoms with E-state index in [0.29, 0.717) is 17.4 Å². The summed E-state index contributed by atoms with van der Waals surface area (Å²) in [6, 6.07) is 23.2.